The number of aromatic nitrogens is 1. The highest BCUT2D eigenvalue weighted by Crippen LogP contribution is 2.08. The first kappa shape index (κ1) is 16.8. The van der Waals surface area contributed by atoms with Crippen LogP contribution in [0, 0.1) is 0 Å². The number of hydrogen-bond donors (Lipinski definition) is 1. The van der Waals surface area contributed by atoms with Crippen LogP contribution >= 0.6 is 11.6 Å². The van der Waals surface area contributed by atoms with Gasteiger partial charge in [-0.15, -0.1) is 0 Å². The fourth-order valence-corrected chi connectivity index (χ4v) is 2.79. The molecular weight excluding hydrogens is 279 g/mol. The Morgan fingerprint density at radius 2 is 2.00 bits per heavy atom. The van der Waals surface area contributed by atoms with Gasteiger partial charge in [0.05, 0.1) is 36.2 Å². The third-order valence-corrected chi connectivity index (χ3v) is 4.04. The van der Waals surface area contributed by atoms with Gasteiger partial charge in [0.1, 0.15) is 10.2 Å². The molecule has 1 aromatic heterocycles. The second kappa shape index (κ2) is 8.86. The highest BCUT2D eigenvalue weighted by atomic mass is 35.5. The molecule has 1 heterocycles. The normalized spacial score (nSPS) is 12.2. The zero-order valence-corrected chi connectivity index (χ0v) is 12.4. The number of halogens is 2. The molecule has 17 heavy (non-hydrogen) atoms. The van der Waals surface area contributed by atoms with Crippen LogP contribution in [0.15, 0.2) is 23.2 Å². The predicted molar refractivity (Wildman–Crippen MR) is 67.4 cm³/mol. The van der Waals surface area contributed by atoms with Crippen molar-refractivity contribution >= 4 is 22.4 Å². The quantitative estimate of drug-likeness (QED) is 0.603. The lowest BCUT2D eigenvalue weighted by Gasteiger charge is -2.14. The van der Waals surface area contributed by atoms with Gasteiger partial charge in [0, 0.05) is 0 Å². The second-order valence-electron chi connectivity index (χ2n) is 3.56. The van der Waals surface area contributed by atoms with Crippen molar-refractivity contribution in [1.82, 2.24) is 4.98 Å². The number of pyridine rings is 1. The molecule has 0 aliphatic carbocycles. The van der Waals surface area contributed by atoms with Gasteiger partial charge in [-0.05, 0) is 26.0 Å². The highest BCUT2D eigenvalue weighted by Gasteiger charge is 2.09. The molecule has 0 spiro atoms. The fraction of sp³-hybridized carbons (Fsp3) is 0.545. The largest absolute Gasteiger partial charge is 1.00 e. The van der Waals surface area contributed by atoms with E-state index in [2.05, 4.69) is 18.8 Å². The topological polar surface area (TPSA) is 34.4 Å². The van der Waals surface area contributed by atoms with E-state index in [1.165, 1.54) is 4.90 Å². The average Bonchev–Trinajstić information content (AvgIpc) is 2.30. The van der Waals surface area contributed by atoms with Gasteiger partial charge in [0.25, 0.3) is 0 Å². The zero-order valence-electron chi connectivity index (χ0n) is 10.1. The Morgan fingerprint density at radius 3 is 2.53 bits per heavy atom. The Balaban J connectivity index is 0.00000256. The monoisotopic (exact) mass is 296 g/mol. The van der Waals surface area contributed by atoms with E-state index in [1.54, 1.807) is 18.2 Å². The summed E-state index contributed by atoms with van der Waals surface area (Å²) in [6, 6.07) is 5.24. The Bertz CT molecular complexity index is 359. The highest BCUT2D eigenvalue weighted by molar-refractivity contribution is 7.85. The molecule has 0 saturated carbocycles. The Morgan fingerprint density at radius 1 is 1.35 bits per heavy atom. The molecule has 1 aromatic rings. The van der Waals surface area contributed by atoms with Crippen molar-refractivity contribution in [2.45, 2.75) is 18.9 Å². The Kier molecular flexibility index (Phi) is 8.78. The van der Waals surface area contributed by atoms with E-state index in [-0.39, 0.29) is 12.4 Å². The fourth-order valence-electron chi connectivity index (χ4n) is 1.46. The van der Waals surface area contributed by atoms with E-state index in [1.807, 2.05) is 0 Å². The van der Waals surface area contributed by atoms with Crippen molar-refractivity contribution < 1.29 is 21.5 Å². The van der Waals surface area contributed by atoms with Crippen LogP contribution in [0.4, 0.5) is 0 Å². The van der Waals surface area contributed by atoms with Crippen molar-refractivity contribution in [1.29, 1.82) is 0 Å². The first-order valence-corrected chi connectivity index (χ1v) is 7.21. The first-order valence-electron chi connectivity index (χ1n) is 5.51. The third kappa shape index (κ3) is 5.82. The molecule has 0 aromatic carbocycles. The van der Waals surface area contributed by atoms with Crippen LogP contribution < -0.4 is 17.3 Å². The molecule has 1 atom stereocenters. The SMILES string of the molecule is CC[NH+](CC)CCS(=O)c1cccc(Cl)n1.[Cl-]. The van der Waals surface area contributed by atoms with Gasteiger partial charge in [0.15, 0.2) is 0 Å². The molecule has 0 aliphatic rings. The molecule has 1 N–H and O–H groups in total. The average molecular weight is 297 g/mol. The molecule has 1 unspecified atom stereocenters. The van der Waals surface area contributed by atoms with E-state index in [4.69, 9.17) is 11.6 Å². The van der Waals surface area contributed by atoms with Crippen LogP contribution in [0.3, 0.4) is 0 Å². The van der Waals surface area contributed by atoms with Crippen molar-refractivity contribution in [3.8, 4) is 0 Å². The maximum absolute atomic E-state index is 11.9. The van der Waals surface area contributed by atoms with Crippen molar-refractivity contribution in [3.05, 3.63) is 23.4 Å². The van der Waals surface area contributed by atoms with Gasteiger partial charge >= 0.3 is 0 Å². The Hall–Kier alpha value is -0.160. The van der Waals surface area contributed by atoms with Gasteiger partial charge in [-0.1, -0.05) is 17.7 Å². The third-order valence-electron chi connectivity index (χ3n) is 2.56. The molecule has 6 heteroatoms. The van der Waals surface area contributed by atoms with Gasteiger partial charge in [-0.25, -0.2) is 4.98 Å². The summed E-state index contributed by atoms with van der Waals surface area (Å²) in [4.78, 5) is 5.51. The molecule has 0 aliphatic heterocycles. The lowest BCUT2D eigenvalue weighted by Crippen LogP contribution is -3.11. The van der Waals surface area contributed by atoms with Crippen LogP contribution in [0.25, 0.3) is 0 Å². The van der Waals surface area contributed by atoms with Crippen LogP contribution in [-0.2, 0) is 10.8 Å². The lowest BCUT2D eigenvalue weighted by atomic mass is 10.5. The molecule has 98 valence electrons. The van der Waals surface area contributed by atoms with E-state index >= 15 is 0 Å². The van der Waals surface area contributed by atoms with Crippen molar-refractivity contribution in [3.63, 3.8) is 0 Å². The van der Waals surface area contributed by atoms with Crippen LogP contribution in [0.2, 0.25) is 5.15 Å². The number of rotatable bonds is 6. The number of quaternary nitrogens is 1. The lowest BCUT2D eigenvalue weighted by molar-refractivity contribution is -0.893. The summed E-state index contributed by atoms with van der Waals surface area (Å²) in [6.45, 7) is 7.32. The molecule has 0 saturated heterocycles. The summed E-state index contributed by atoms with van der Waals surface area (Å²) < 4.78 is 11.9. The van der Waals surface area contributed by atoms with Gasteiger partial charge in [-0.2, -0.15) is 0 Å². The van der Waals surface area contributed by atoms with E-state index in [0.717, 1.165) is 19.6 Å². The first-order chi connectivity index (χ1) is 7.67. The van der Waals surface area contributed by atoms with Gasteiger partial charge in [-0.3, -0.25) is 4.21 Å². The van der Waals surface area contributed by atoms with Crippen LogP contribution in [0.1, 0.15) is 13.8 Å². The summed E-state index contributed by atoms with van der Waals surface area (Å²) in [5.74, 6) is 0.643. The summed E-state index contributed by atoms with van der Waals surface area (Å²) >= 11 is 5.76. The minimum absolute atomic E-state index is 0. The van der Waals surface area contributed by atoms with Crippen molar-refractivity contribution in [2.75, 3.05) is 25.4 Å². The van der Waals surface area contributed by atoms with Crippen LogP contribution in [-0.4, -0.2) is 34.6 Å². The van der Waals surface area contributed by atoms with E-state index in [9.17, 15) is 4.21 Å². The number of hydrogen-bond acceptors (Lipinski definition) is 2. The standard InChI is InChI=1S/C11H17ClN2OS.ClH/c1-3-14(4-2)8-9-16(15)11-7-5-6-10(12)13-11;/h5-7H,3-4,8-9H2,1-2H3;1H. The minimum Gasteiger partial charge on any atom is -1.00 e. The molecular formula is C11H18Cl2N2OS. The Labute approximate surface area is 116 Å². The summed E-state index contributed by atoms with van der Waals surface area (Å²) in [5.41, 5.74) is 0. The molecule has 0 amide bonds. The van der Waals surface area contributed by atoms with Gasteiger partial charge < -0.3 is 17.3 Å². The molecule has 3 nitrogen and oxygen atoms in total. The summed E-state index contributed by atoms with van der Waals surface area (Å²) in [7, 11) is -1.03. The van der Waals surface area contributed by atoms with Gasteiger partial charge in [0.2, 0.25) is 0 Å². The maximum Gasteiger partial charge on any atom is 0.130 e. The summed E-state index contributed by atoms with van der Waals surface area (Å²) in [6.07, 6.45) is 0. The molecule has 0 bridgehead atoms. The molecule has 0 fully saturated rings. The van der Waals surface area contributed by atoms with Crippen LogP contribution in [0.5, 0.6) is 0 Å². The number of nitrogens with zero attached hydrogens (tertiary/aromatic N) is 1. The van der Waals surface area contributed by atoms with E-state index in [0.29, 0.717) is 15.9 Å². The molecule has 1 rings (SSSR count). The predicted octanol–water partition coefficient (Wildman–Crippen LogP) is -2.23. The molecule has 0 radical (unpaired) electrons. The second-order valence-corrected chi connectivity index (χ2v) is 5.46. The summed E-state index contributed by atoms with van der Waals surface area (Å²) in [5, 5.41) is 0.986. The van der Waals surface area contributed by atoms with Crippen molar-refractivity contribution in [2.24, 2.45) is 0 Å². The minimum atomic E-state index is -1.03. The smallest absolute Gasteiger partial charge is 0.130 e. The maximum atomic E-state index is 11.9. The van der Waals surface area contributed by atoms with E-state index < -0.39 is 10.8 Å². The number of nitrogens with one attached hydrogen (secondary N) is 1. The zero-order chi connectivity index (χ0) is 12.0.